The molecule has 1 saturated heterocycles. The highest BCUT2D eigenvalue weighted by Crippen LogP contribution is 2.21. The largest absolute Gasteiger partial charge is 0.368 e. The van der Waals surface area contributed by atoms with Gasteiger partial charge in [0.2, 0.25) is 0 Å². The number of hydrogen-bond donors (Lipinski definition) is 1. The van der Waals surface area contributed by atoms with Crippen molar-refractivity contribution in [2.75, 3.05) is 36.0 Å². The van der Waals surface area contributed by atoms with Gasteiger partial charge >= 0.3 is 0 Å². The number of nitrogens with zero attached hydrogens (tertiary/aromatic N) is 3. The van der Waals surface area contributed by atoms with E-state index in [4.69, 9.17) is 11.6 Å². The first-order valence-corrected chi connectivity index (χ1v) is 6.90. The number of benzene rings is 1. The normalized spacial score (nSPS) is 15.4. The summed E-state index contributed by atoms with van der Waals surface area (Å²) in [5.41, 5.74) is 1.02. The second-order valence-electron chi connectivity index (χ2n) is 4.72. The molecule has 104 valence electrons. The Balaban J connectivity index is 1.69. The maximum atomic E-state index is 11.3. The number of piperazine rings is 1. The fourth-order valence-electron chi connectivity index (χ4n) is 2.40. The van der Waals surface area contributed by atoms with Crippen LogP contribution in [-0.2, 0) is 0 Å². The number of hydrogen-bond acceptors (Lipinski definition) is 4. The van der Waals surface area contributed by atoms with E-state index in [1.165, 1.54) is 12.4 Å². The SMILES string of the molecule is O=c1cc(N2CCN(c3cccc(Cl)c3)CC2)nc[nH]1. The molecule has 0 saturated carbocycles. The number of anilines is 2. The summed E-state index contributed by atoms with van der Waals surface area (Å²) in [7, 11) is 0. The molecule has 0 atom stereocenters. The van der Waals surface area contributed by atoms with E-state index >= 15 is 0 Å². The van der Waals surface area contributed by atoms with Gasteiger partial charge in [-0.3, -0.25) is 4.79 Å². The molecule has 6 heteroatoms. The van der Waals surface area contributed by atoms with Gasteiger partial charge in [0.25, 0.3) is 5.56 Å². The average Bonchev–Trinajstić information content (AvgIpc) is 2.47. The maximum absolute atomic E-state index is 11.3. The van der Waals surface area contributed by atoms with E-state index in [1.54, 1.807) is 0 Å². The highest BCUT2D eigenvalue weighted by Gasteiger charge is 2.18. The molecule has 1 N–H and O–H groups in total. The zero-order valence-corrected chi connectivity index (χ0v) is 11.7. The summed E-state index contributed by atoms with van der Waals surface area (Å²) >= 11 is 6.02. The Morgan fingerprint density at radius 3 is 2.55 bits per heavy atom. The molecule has 2 heterocycles. The van der Waals surface area contributed by atoms with Crippen molar-refractivity contribution in [2.45, 2.75) is 0 Å². The third kappa shape index (κ3) is 2.77. The van der Waals surface area contributed by atoms with Gasteiger partial charge in [0.05, 0.1) is 6.33 Å². The molecule has 1 aromatic heterocycles. The molecule has 0 unspecified atom stereocenters. The predicted octanol–water partition coefficient (Wildman–Crippen LogP) is 1.75. The smallest absolute Gasteiger partial charge is 0.252 e. The summed E-state index contributed by atoms with van der Waals surface area (Å²) in [4.78, 5) is 22.5. The Morgan fingerprint density at radius 1 is 1.10 bits per heavy atom. The van der Waals surface area contributed by atoms with Crippen LogP contribution in [0.15, 0.2) is 41.5 Å². The number of aromatic nitrogens is 2. The van der Waals surface area contributed by atoms with Crippen molar-refractivity contribution in [2.24, 2.45) is 0 Å². The maximum Gasteiger partial charge on any atom is 0.252 e. The average molecular weight is 291 g/mol. The van der Waals surface area contributed by atoms with E-state index < -0.39 is 0 Å². The quantitative estimate of drug-likeness (QED) is 0.915. The van der Waals surface area contributed by atoms with Gasteiger partial charge in [-0.1, -0.05) is 17.7 Å². The number of halogens is 1. The molecule has 0 spiro atoms. The van der Waals surface area contributed by atoms with Crippen LogP contribution in [-0.4, -0.2) is 36.1 Å². The molecule has 1 aliphatic heterocycles. The highest BCUT2D eigenvalue weighted by atomic mass is 35.5. The predicted molar refractivity (Wildman–Crippen MR) is 80.7 cm³/mol. The highest BCUT2D eigenvalue weighted by molar-refractivity contribution is 6.30. The Kier molecular flexibility index (Phi) is 3.60. The lowest BCUT2D eigenvalue weighted by molar-refractivity contribution is 0.646. The number of rotatable bonds is 2. The van der Waals surface area contributed by atoms with Crippen molar-refractivity contribution in [3.05, 3.63) is 52.0 Å². The Hall–Kier alpha value is -2.01. The lowest BCUT2D eigenvalue weighted by Crippen LogP contribution is -2.47. The minimum atomic E-state index is -0.118. The van der Waals surface area contributed by atoms with E-state index in [2.05, 4.69) is 25.8 Å². The molecule has 2 aromatic rings. The third-order valence-electron chi connectivity index (χ3n) is 3.44. The Labute approximate surface area is 121 Å². The van der Waals surface area contributed by atoms with Crippen molar-refractivity contribution in [1.29, 1.82) is 0 Å². The summed E-state index contributed by atoms with van der Waals surface area (Å²) in [6.45, 7) is 3.44. The second kappa shape index (κ2) is 5.54. The molecule has 20 heavy (non-hydrogen) atoms. The van der Waals surface area contributed by atoms with Crippen molar-refractivity contribution in [3.8, 4) is 0 Å². The molecule has 1 fully saturated rings. The molecule has 5 nitrogen and oxygen atoms in total. The van der Waals surface area contributed by atoms with Crippen LogP contribution >= 0.6 is 11.6 Å². The second-order valence-corrected chi connectivity index (χ2v) is 5.16. The van der Waals surface area contributed by atoms with Gasteiger partial charge in [-0.15, -0.1) is 0 Å². The van der Waals surface area contributed by atoms with Gasteiger partial charge in [0.15, 0.2) is 0 Å². The van der Waals surface area contributed by atoms with Crippen LogP contribution in [0.5, 0.6) is 0 Å². The van der Waals surface area contributed by atoms with E-state index in [0.717, 1.165) is 42.7 Å². The third-order valence-corrected chi connectivity index (χ3v) is 3.68. The Morgan fingerprint density at radius 2 is 1.85 bits per heavy atom. The van der Waals surface area contributed by atoms with Crippen LogP contribution in [0.1, 0.15) is 0 Å². The van der Waals surface area contributed by atoms with Crippen LogP contribution < -0.4 is 15.4 Å². The van der Waals surface area contributed by atoms with Crippen molar-refractivity contribution in [1.82, 2.24) is 9.97 Å². The van der Waals surface area contributed by atoms with E-state index in [0.29, 0.717) is 0 Å². The van der Waals surface area contributed by atoms with Gasteiger partial charge in [0, 0.05) is 43.0 Å². The molecule has 3 rings (SSSR count). The van der Waals surface area contributed by atoms with E-state index in [9.17, 15) is 4.79 Å². The zero-order chi connectivity index (χ0) is 13.9. The van der Waals surface area contributed by atoms with Gasteiger partial charge in [0.1, 0.15) is 5.82 Å². The topological polar surface area (TPSA) is 52.2 Å². The minimum absolute atomic E-state index is 0.118. The first-order chi connectivity index (χ1) is 9.72. The van der Waals surface area contributed by atoms with Crippen LogP contribution in [0, 0.1) is 0 Å². The lowest BCUT2D eigenvalue weighted by Gasteiger charge is -2.36. The monoisotopic (exact) mass is 290 g/mol. The van der Waals surface area contributed by atoms with Crippen LogP contribution in [0.25, 0.3) is 0 Å². The van der Waals surface area contributed by atoms with Crippen LogP contribution in [0.3, 0.4) is 0 Å². The summed E-state index contributed by atoms with van der Waals surface area (Å²) in [5.74, 6) is 0.736. The minimum Gasteiger partial charge on any atom is -0.368 e. The zero-order valence-electron chi connectivity index (χ0n) is 10.9. The number of H-pyrrole nitrogens is 1. The molecule has 0 aliphatic carbocycles. The van der Waals surface area contributed by atoms with E-state index in [1.807, 2.05) is 18.2 Å². The molecule has 0 amide bonds. The fraction of sp³-hybridized carbons (Fsp3) is 0.286. The molecular weight excluding hydrogens is 276 g/mol. The lowest BCUT2D eigenvalue weighted by atomic mass is 10.2. The van der Waals surface area contributed by atoms with Gasteiger partial charge < -0.3 is 14.8 Å². The van der Waals surface area contributed by atoms with Gasteiger partial charge in [-0.25, -0.2) is 4.98 Å². The molecule has 0 bridgehead atoms. The molecule has 1 aromatic carbocycles. The summed E-state index contributed by atoms with van der Waals surface area (Å²) in [6.07, 6.45) is 1.45. The van der Waals surface area contributed by atoms with E-state index in [-0.39, 0.29) is 5.56 Å². The van der Waals surface area contributed by atoms with Crippen molar-refractivity contribution < 1.29 is 0 Å². The summed E-state index contributed by atoms with van der Waals surface area (Å²) < 4.78 is 0. The summed E-state index contributed by atoms with van der Waals surface area (Å²) in [6, 6.07) is 9.41. The first kappa shape index (κ1) is 13.0. The molecular formula is C14H15ClN4O. The summed E-state index contributed by atoms with van der Waals surface area (Å²) in [5, 5.41) is 0.751. The fourth-order valence-corrected chi connectivity index (χ4v) is 2.58. The number of nitrogens with one attached hydrogen (secondary N) is 1. The molecule has 0 radical (unpaired) electrons. The van der Waals surface area contributed by atoms with Gasteiger partial charge in [-0.2, -0.15) is 0 Å². The van der Waals surface area contributed by atoms with Crippen LogP contribution in [0.4, 0.5) is 11.5 Å². The standard InChI is InChI=1S/C14H15ClN4O/c15-11-2-1-3-12(8-11)18-4-6-19(7-5-18)13-9-14(20)17-10-16-13/h1-3,8-10H,4-7H2,(H,16,17,20). The van der Waals surface area contributed by atoms with Gasteiger partial charge in [-0.05, 0) is 18.2 Å². The molecule has 1 aliphatic rings. The van der Waals surface area contributed by atoms with Crippen molar-refractivity contribution >= 4 is 23.1 Å². The van der Waals surface area contributed by atoms with Crippen molar-refractivity contribution in [3.63, 3.8) is 0 Å². The number of aromatic amines is 1. The van der Waals surface area contributed by atoms with Crippen LogP contribution in [0.2, 0.25) is 5.02 Å². The Bertz CT molecular complexity index is 649. The first-order valence-electron chi connectivity index (χ1n) is 6.52.